The number of carbonyl (C=O) groups excluding carboxylic acids is 2. The summed E-state index contributed by atoms with van der Waals surface area (Å²) in [4.78, 5) is 28.6. The number of esters is 2. The van der Waals surface area contributed by atoms with E-state index in [9.17, 15) is 9.59 Å². The Balaban J connectivity index is 1.66. The molecule has 0 heterocycles. The lowest BCUT2D eigenvalue weighted by atomic mass is 9.75. The first kappa shape index (κ1) is 19.6. The molecule has 0 aromatic heterocycles. The van der Waals surface area contributed by atoms with Crippen molar-refractivity contribution in [1.29, 1.82) is 0 Å². The first-order chi connectivity index (χ1) is 13.6. The summed E-state index contributed by atoms with van der Waals surface area (Å²) in [6.45, 7) is 4.16. The maximum Gasteiger partial charge on any atom is 0.323 e. The van der Waals surface area contributed by atoms with Crippen LogP contribution in [-0.2, 0) is 19.1 Å². The van der Waals surface area contributed by atoms with E-state index in [1.165, 1.54) is 15.4 Å². The van der Waals surface area contributed by atoms with Gasteiger partial charge in [-0.2, -0.15) is 0 Å². The van der Waals surface area contributed by atoms with Gasteiger partial charge >= 0.3 is 11.9 Å². The topological polar surface area (TPSA) is 52.6 Å². The van der Waals surface area contributed by atoms with Crippen molar-refractivity contribution in [2.24, 2.45) is 16.7 Å². The van der Waals surface area contributed by atoms with E-state index >= 15 is 0 Å². The molecule has 4 nitrogen and oxygen atoms in total. The van der Waals surface area contributed by atoms with Gasteiger partial charge in [-0.15, -0.1) is 0 Å². The summed E-state index contributed by atoms with van der Waals surface area (Å²) >= 11 is 1.86. The van der Waals surface area contributed by atoms with E-state index in [1.54, 1.807) is 13.8 Å². The average molecular weight is 401 g/mol. The van der Waals surface area contributed by atoms with Gasteiger partial charge in [-0.3, -0.25) is 9.59 Å². The zero-order valence-electron chi connectivity index (χ0n) is 16.7. The lowest BCUT2D eigenvalue weighted by molar-refractivity contribution is -0.172. The lowest BCUT2D eigenvalue weighted by Gasteiger charge is -2.29. The number of allylic oxidation sites excluding steroid dienone is 2. The quantitative estimate of drug-likeness (QED) is 0.489. The number of ether oxygens (including phenoxy) is 2. The van der Waals surface area contributed by atoms with Crippen molar-refractivity contribution in [3.8, 4) is 0 Å². The van der Waals surface area contributed by atoms with Gasteiger partial charge in [0, 0.05) is 4.90 Å². The fraction of sp³-hybridized carbons (Fsp3) is 0.565. The van der Waals surface area contributed by atoms with Crippen molar-refractivity contribution in [2.45, 2.75) is 57.3 Å². The van der Waals surface area contributed by atoms with E-state index in [2.05, 4.69) is 24.3 Å². The van der Waals surface area contributed by atoms with E-state index in [-0.39, 0.29) is 30.6 Å². The highest BCUT2D eigenvalue weighted by Crippen LogP contribution is 2.70. The minimum absolute atomic E-state index is 0.0311. The van der Waals surface area contributed by atoms with Crippen molar-refractivity contribution in [3.63, 3.8) is 0 Å². The zero-order chi connectivity index (χ0) is 19.8. The number of rotatable bonds is 6. The molecule has 2 unspecified atom stereocenters. The molecular weight excluding hydrogens is 372 g/mol. The summed E-state index contributed by atoms with van der Waals surface area (Å²) in [5, 5.41) is 0. The fourth-order valence-electron chi connectivity index (χ4n) is 5.69. The van der Waals surface area contributed by atoms with Gasteiger partial charge in [0.05, 0.1) is 13.2 Å². The highest BCUT2D eigenvalue weighted by atomic mass is 32.2. The van der Waals surface area contributed by atoms with Gasteiger partial charge in [0.15, 0.2) is 5.41 Å². The van der Waals surface area contributed by atoms with Crippen molar-refractivity contribution >= 4 is 23.7 Å². The van der Waals surface area contributed by atoms with Crippen LogP contribution in [0.3, 0.4) is 0 Å². The highest BCUT2D eigenvalue weighted by molar-refractivity contribution is 8.03. The van der Waals surface area contributed by atoms with Gasteiger partial charge in [-0.1, -0.05) is 35.5 Å². The predicted molar refractivity (Wildman–Crippen MR) is 109 cm³/mol. The monoisotopic (exact) mass is 400 g/mol. The van der Waals surface area contributed by atoms with Crippen LogP contribution in [-0.4, -0.2) is 25.2 Å². The van der Waals surface area contributed by atoms with Gasteiger partial charge in [0.25, 0.3) is 0 Å². The smallest absolute Gasteiger partial charge is 0.323 e. The van der Waals surface area contributed by atoms with E-state index in [0.29, 0.717) is 18.8 Å². The number of thioether (sulfide) groups is 1. The molecule has 1 aromatic rings. The third-order valence-corrected chi connectivity index (χ3v) is 7.99. The molecule has 3 aliphatic rings. The highest BCUT2D eigenvalue weighted by Gasteiger charge is 2.67. The summed E-state index contributed by atoms with van der Waals surface area (Å²) in [6.07, 6.45) is 5.32. The summed E-state index contributed by atoms with van der Waals surface area (Å²) in [5.41, 5.74) is 0.327. The largest absolute Gasteiger partial charge is 0.465 e. The van der Waals surface area contributed by atoms with Gasteiger partial charge in [0.2, 0.25) is 0 Å². The number of hydrogen-bond donors (Lipinski definition) is 0. The second-order valence-electron chi connectivity index (χ2n) is 8.11. The van der Waals surface area contributed by atoms with Crippen molar-refractivity contribution in [1.82, 2.24) is 0 Å². The molecule has 0 saturated heterocycles. The van der Waals surface area contributed by atoms with Crippen molar-refractivity contribution in [2.75, 3.05) is 13.2 Å². The molecule has 2 atom stereocenters. The van der Waals surface area contributed by atoms with Crippen LogP contribution in [0, 0.1) is 16.7 Å². The van der Waals surface area contributed by atoms with Crippen LogP contribution in [0.25, 0.3) is 0 Å². The van der Waals surface area contributed by atoms with Gasteiger partial charge in [0.1, 0.15) is 0 Å². The Labute approximate surface area is 171 Å². The number of benzene rings is 1. The molecule has 0 bridgehead atoms. The Morgan fingerprint density at radius 2 is 1.75 bits per heavy atom. The second-order valence-corrected chi connectivity index (χ2v) is 9.28. The Hall–Kier alpha value is -1.75. The SMILES string of the molecule is CCOC(=O)C1(C(=O)OCC)CC2CCC3=C(Sc4ccccc4)CCC32C1. The minimum atomic E-state index is -1.13. The van der Waals surface area contributed by atoms with Crippen LogP contribution < -0.4 is 0 Å². The molecule has 1 aromatic carbocycles. The normalized spacial score (nSPS) is 27.4. The summed E-state index contributed by atoms with van der Waals surface area (Å²) in [7, 11) is 0. The van der Waals surface area contributed by atoms with Crippen molar-refractivity contribution in [3.05, 3.63) is 40.8 Å². The Kier molecular flexibility index (Phi) is 5.30. The molecule has 2 fully saturated rings. The Morgan fingerprint density at radius 1 is 1.07 bits per heavy atom. The zero-order valence-corrected chi connectivity index (χ0v) is 17.5. The maximum absolute atomic E-state index is 12.9. The van der Waals surface area contributed by atoms with Gasteiger partial charge in [-0.05, 0) is 80.7 Å². The van der Waals surface area contributed by atoms with Crippen LogP contribution in [0.15, 0.2) is 45.7 Å². The molecule has 5 heteroatoms. The predicted octanol–water partition coefficient (Wildman–Crippen LogP) is 5.13. The van der Waals surface area contributed by atoms with Gasteiger partial charge < -0.3 is 9.47 Å². The number of carbonyl (C=O) groups is 2. The molecule has 4 rings (SSSR count). The molecular formula is C23H28O4S. The number of hydrogen-bond acceptors (Lipinski definition) is 5. The van der Waals surface area contributed by atoms with E-state index in [4.69, 9.17) is 9.47 Å². The average Bonchev–Trinajstić information content (AvgIpc) is 3.31. The Bertz CT molecular complexity index is 782. The second kappa shape index (κ2) is 7.58. The van der Waals surface area contributed by atoms with Crippen LogP contribution in [0.1, 0.15) is 52.4 Å². The summed E-state index contributed by atoms with van der Waals surface area (Å²) in [5.74, 6) is -0.410. The van der Waals surface area contributed by atoms with Crippen LogP contribution in [0.2, 0.25) is 0 Å². The van der Waals surface area contributed by atoms with Crippen LogP contribution in [0.4, 0.5) is 0 Å². The molecule has 1 spiro atoms. The molecule has 0 amide bonds. The van der Waals surface area contributed by atoms with Crippen LogP contribution >= 0.6 is 11.8 Å². The molecule has 0 N–H and O–H groups in total. The maximum atomic E-state index is 12.9. The fourth-order valence-corrected chi connectivity index (χ4v) is 6.90. The Morgan fingerprint density at radius 3 is 2.39 bits per heavy atom. The molecule has 3 aliphatic carbocycles. The van der Waals surface area contributed by atoms with Crippen molar-refractivity contribution < 1.29 is 19.1 Å². The van der Waals surface area contributed by atoms with E-state index in [1.807, 2.05) is 17.8 Å². The van der Waals surface area contributed by atoms with Crippen LogP contribution in [0.5, 0.6) is 0 Å². The van der Waals surface area contributed by atoms with E-state index < -0.39 is 5.41 Å². The summed E-state index contributed by atoms with van der Waals surface area (Å²) < 4.78 is 10.7. The third kappa shape index (κ3) is 2.99. The summed E-state index contributed by atoms with van der Waals surface area (Å²) in [6, 6.07) is 10.5. The first-order valence-corrected chi connectivity index (χ1v) is 11.2. The van der Waals surface area contributed by atoms with Gasteiger partial charge in [-0.25, -0.2) is 0 Å². The third-order valence-electron chi connectivity index (χ3n) is 6.79. The lowest BCUT2D eigenvalue weighted by Crippen LogP contribution is -2.41. The van der Waals surface area contributed by atoms with E-state index in [0.717, 1.165) is 25.7 Å². The molecule has 2 saturated carbocycles. The molecule has 0 aliphatic heterocycles. The minimum Gasteiger partial charge on any atom is -0.465 e. The molecule has 28 heavy (non-hydrogen) atoms. The first-order valence-electron chi connectivity index (χ1n) is 10.4. The molecule has 0 radical (unpaired) electrons. The standard InChI is InChI=1S/C23H28O4S/c1-3-26-20(24)23(21(25)27-4-2)14-16-10-11-18-19(12-13-22(16,18)15-23)28-17-8-6-5-7-9-17/h5-9,16H,3-4,10-15H2,1-2H3. The molecule has 150 valence electrons.